The van der Waals surface area contributed by atoms with Gasteiger partial charge >= 0.3 is 5.63 Å². The molecule has 0 bridgehead atoms. The quantitative estimate of drug-likeness (QED) is 0.541. The molecule has 1 amide bonds. The van der Waals surface area contributed by atoms with Crippen LogP contribution in [0.15, 0.2) is 51.7 Å². The number of fused-ring (bicyclic) bond motifs is 1. The first kappa shape index (κ1) is 24.9. The summed E-state index contributed by atoms with van der Waals surface area (Å²) >= 11 is 0. The number of hydrogen-bond donors (Lipinski definition) is 2. The van der Waals surface area contributed by atoms with Gasteiger partial charge in [0.25, 0.3) is 5.91 Å². The summed E-state index contributed by atoms with van der Waals surface area (Å²) in [5, 5.41) is 2.96. The lowest BCUT2D eigenvalue weighted by Crippen LogP contribution is -2.34. The van der Waals surface area contributed by atoms with Crippen LogP contribution in [0.2, 0.25) is 0 Å². The molecule has 0 aliphatic rings. The van der Waals surface area contributed by atoms with Crippen molar-refractivity contribution in [1.29, 1.82) is 0 Å². The van der Waals surface area contributed by atoms with Crippen LogP contribution in [0.25, 0.3) is 22.1 Å². The Hall–Kier alpha value is -3.41. The third kappa shape index (κ3) is 5.84. The van der Waals surface area contributed by atoms with E-state index in [4.69, 9.17) is 10.2 Å². The van der Waals surface area contributed by atoms with E-state index in [0.29, 0.717) is 23.0 Å². The van der Waals surface area contributed by atoms with Gasteiger partial charge in [-0.2, -0.15) is 0 Å². The van der Waals surface area contributed by atoms with Gasteiger partial charge in [-0.1, -0.05) is 76.6 Å². The maximum absolute atomic E-state index is 12.6. The zero-order chi connectivity index (χ0) is 24.1. The number of rotatable bonds is 5. The van der Waals surface area contributed by atoms with Crippen LogP contribution in [0.1, 0.15) is 57.0 Å². The van der Waals surface area contributed by atoms with Gasteiger partial charge in [0.15, 0.2) is 5.78 Å². The molecule has 32 heavy (non-hydrogen) atoms. The van der Waals surface area contributed by atoms with Gasteiger partial charge in [-0.15, -0.1) is 0 Å². The van der Waals surface area contributed by atoms with Gasteiger partial charge in [0, 0.05) is 17.4 Å². The van der Waals surface area contributed by atoms with Crippen molar-refractivity contribution in [1.82, 2.24) is 5.32 Å². The second-order valence-corrected chi connectivity index (χ2v) is 8.69. The lowest BCUT2D eigenvalue weighted by Gasteiger charge is -2.17. The standard InChI is InChI=1S/C24H26N2O4.C2H6/c1-14-7-5-8-15(11-14)17-9-6-10-18-20(25)19(23(29)30-21(17)18)22(28)26-13-16(27)12-24(2,3)4;1-2/h5-11H,12-13,25H2,1-4H3,(H,26,28);1-2H3. The second-order valence-electron chi connectivity index (χ2n) is 8.69. The summed E-state index contributed by atoms with van der Waals surface area (Å²) in [6.07, 6.45) is 0.314. The molecule has 3 N–H and O–H groups in total. The maximum atomic E-state index is 12.6. The first-order chi connectivity index (χ1) is 15.1. The molecule has 0 saturated carbocycles. The topological polar surface area (TPSA) is 102 Å². The van der Waals surface area contributed by atoms with Crippen LogP contribution < -0.4 is 16.7 Å². The Morgan fingerprint density at radius 3 is 2.34 bits per heavy atom. The monoisotopic (exact) mass is 436 g/mol. The molecular weight excluding hydrogens is 404 g/mol. The molecule has 0 spiro atoms. The number of para-hydroxylation sites is 1. The maximum Gasteiger partial charge on any atom is 0.351 e. The molecule has 1 aromatic heterocycles. The summed E-state index contributed by atoms with van der Waals surface area (Å²) < 4.78 is 5.53. The normalized spacial score (nSPS) is 10.9. The van der Waals surface area contributed by atoms with E-state index in [1.807, 2.05) is 71.9 Å². The number of anilines is 1. The second kappa shape index (κ2) is 10.3. The van der Waals surface area contributed by atoms with Gasteiger partial charge in [-0.05, 0) is 24.0 Å². The lowest BCUT2D eigenvalue weighted by atomic mass is 9.90. The van der Waals surface area contributed by atoms with Crippen molar-refractivity contribution in [3.05, 3.63) is 64.0 Å². The number of carbonyl (C=O) groups excluding carboxylic acids is 2. The zero-order valence-corrected chi connectivity index (χ0v) is 19.7. The highest BCUT2D eigenvalue weighted by molar-refractivity contribution is 6.08. The number of amides is 1. The number of carbonyl (C=O) groups is 2. The molecule has 6 nitrogen and oxygen atoms in total. The molecule has 0 aliphatic carbocycles. The molecule has 0 saturated heterocycles. The van der Waals surface area contributed by atoms with Crippen LogP contribution >= 0.6 is 0 Å². The average molecular weight is 437 g/mol. The predicted octanol–water partition coefficient (Wildman–Crippen LogP) is 5.11. The molecule has 2 aromatic carbocycles. The first-order valence-electron chi connectivity index (χ1n) is 10.8. The minimum absolute atomic E-state index is 0.0384. The largest absolute Gasteiger partial charge is 0.421 e. The molecular formula is C26H32N2O4. The number of aryl methyl sites for hydroxylation is 1. The number of nitrogens with one attached hydrogen (secondary N) is 1. The fourth-order valence-electron chi connectivity index (χ4n) is 3.42. The average Bonchev–Trinajstić information content (AvgIpc) is 2.72. The van der Waals surface area contributed by atoms with E-state index < -0.39 is 11.5 Å². The fraction of sp³-hybridized carbons (Fsp3) is 0.346. The van der Waals surface area contributed by atoms with Crippen LogP contribution in [0.3, 0.4) is 0 Å². The van der Waals surface area contributed by atoms with Crippen LogP contribution in [0, 0.1) is 12.3 Å². The van der Waals surface area contributed by atoms with E-state index in [9.17, 15) is 14.4 Å². The Morgan fingerprint density at radius 1 is 1.06 bits per heavy atom. The van der Waals surface area contributed by atoms with Gasteiger partial charge in [0.05, 0.1) is 12.2 Å². The highest BCUT2D eigenvalue weighted by Crippen LogP contribution is 2.32. The van der Waals surface area contributed by atoms with Crippen molar-refractivity contribution in [3.8, 4) is 11.1 Å². The summed E-state index contributed by atoms with van der Waals surface area (Å²) in [7, 11) is 0. The third-order valence-electron chi connectivity index (χ3n) is 4.70. The molecule has 0 radical (unpaired) electrons. The number of ketones is 1. The molecule has 0 aliphatic heterocycles. The van der Waals surface area contributed by atoms with Gasteiger partial charge in [0.1, 0.15) is 11.1 Å². The Bertz CT molecular complexity index is 1190. The molecule has 0 unspecified atom stereocenters. The van der Waals surface area contributed by atoms with Crippen molar-refractivity contribution in [2.24, 2.45) is 5.41 Å². The molecule has 6 heteroatoms. The summed E-state index contributed by atoms with van der Waals surface area (Å²) in [4.78, 5) is 37.3. The first-order valence-corrected chi connectivity index (χ1v) is 10.8. The van der Waals surface area contributed by atoms with Crippen molar-refractivity contribution < 1.29 is 14.0 Å². The number of nitrogen functional groups attached to an aromatic ring is 1. The Morgan fingerprint density at radius 2 is 1.72 bits per heavy atom. The SMILES string of the molecule is CC.Cc1cccc(-c2cccc3c(N)c(C(=O)NCC(=O)CC(C)(C)C)c(=O)oc23)c1. The van der Waals surface area contributed by atoms with Gasteiger partial charge in [-0.25, -0.2) is 4.79 Å². The lowest BCUT2D eigenvalue weighted by molar-refractivity contribution is -0.119. The minimum atomic E-state index is -0.833. The zero-order valence-electron chi connectivity index (χ0n) is 19.7. The smallest absolute Gasteiger partial charge is 0.351 e. The fourth-order valence-corrected chi connectivity index (χ4v) is 3.42. The van der Waals surface area contributed by atoms with E-state index in [-0.39, 0.29) is 29.0 Å². The highest BCUT2D eigenvalue weighted by Gasteiger charge is 2.22. The molecule has 3 rings (SSSR count). The summed E-state index contributed by atoms with van der Waals surface area (Å²) in [5.74, 6) is -0.840. The van der Waals surface area contributed by atoms with E-state index in [1.54, 1.807) is 12.1 Å². The van der Waals surface area contributed by atoms with E-state index in [2.05, 4.69) is 5.32 Å². The number of Topliss-reactive ketones (excluding diaryl/α,β-unsaturated/α-hetero) is 1. The Kier molecular flexibility index (Phi) is 7.97. The Labute approximate surface area is 188 Å². The van der Waals surface area contributed by atoms with E-state index in [1.165, 1.54) is 0 Å². The number of hydrogen-bond acceptors (Lipinski definition) is 5. The number of benzene rings is 2. The predicted molar refractivity (Wildman–Crippen MR) is 130 cm³/mol. The molecule has 3 aromatic rings. The molecule has 0 atom stereocenters. The van der Waals surface area contributed by atoms with Crippen LogP contribution in [-0.4, -0.2) is 18.2 Å². The molecule has 170 valence electrons. The Balaban J connectivity index is 0.00000176. The third-order valence-corrected chi connectivity index (χ3v) is 4.70. The molecule has 1 heterocycles. The number of nitrogens with two attached hydrogens (primary N) is 1. The summed E-state index contributed by atoms with van der Waals surface area (Å²) in [6.45, 7) is 11.6. The van der Waals surface area contributed by atoms with Crippen molar-refractivity contribution in [2.75, 3.05) is 12.3 Å². The van der Waals surface area contributed by atoms with Gasteiger partial charge in [-0.3, -0.25) is 9.59 Å². The molecule has 0 fully saturated rings. The van der Waals surface area contributed by atoms with E-state index >= 15 is 0 Å². The van der Waals surface area contributed by atoms with Crippen LogP contribution in [0.5, 0.6) is 0 Å². The minimum Gasteiger partial charge on any atom is -0.421 e. The summed E-state index contributed by atoms with van der Waals surface area (Å²) in [6, 6.07) is 13.1. The van der Waals surface area contributed by atoms with Crippen molar-refractivity contribution >= 4 is 28.3 Å². The van der Waals surface area contributed by atoms with Crippen LogP contribution in [0.4, 0.5) is 5.69 Å². The van der Waals surface area contributed by atoms with Gasteiger partial charge in [0.2, 0.25) is 0 Å². The van der Waals surface area contributed by atoms with Crippen molar-refractivity contribution in [3.63, 3.8) is 0 Å². The van der Waals surface area contributed by atoms with Crippen molar-refractivity contribution in [2.45, 2.75) is 48.0 Å². The van der Waals surface area contributed by atoms with E-state index in [0.717, 1.165) is 11.1 Å². The van der Waals surface area contributed by atoms with Crippen LogP contribution in [-0.2, 0) is 4.79 Å². The summed E-state index contributed by atoms with van der Waals surface area (Å²) in [5.41, 5.74) is 7.92. The van der Waals surface area contributed by atoms with Gasteiger partial charge < -0.3 is 15.5 Å². The highest BCUT2D eigenvalue weighted by atomic mass is 16.4.